The zero-order valence-corrected chi connectivity index (χ0v) is 15.4. The van der Waals surface area contributed by atoms with Gasteiger partial charge in [0.05, 0.1) is 5.56 Å². The second kappa shape index (κ2) is 7.69. The Morgan fingerprint density at radius 1 is 1.27 bits per heavy atom. The molecule has 1 aromatic rings. The van der Waals surface area contributed by atoms with Crippen LogP contribution in [-0.4, -0.2) is 61.6 Å². The van der Waals surface area contributed by atoms with Crippen LogP contribution >= 0.6 is 0 Å². The summed E-state index contributed by atoms with van der Waals surface area (Å²) in [7, 11) is -4.09. The number of carbonyl (C=O) groups is 3. The van der Waals surface area contributed by atoms with Crippen LogP contribution in [0.2, 0.25) is 0 Å². The average molecular weight is 380 g/mol. The normalized spacial score (nSPS) is 14.7. The summed E-state index contributed by atoms with van der Waals surface area (Å²) in [5.74, 6) is -2.20. The molecule has 0 bridgehead atoms. The van der Waals surface area contributed by atoms with Crippen LogP contribution in [0.3, 0.4) is 0 Å². The van der Waals surface area contributed by atoms with Gasteiger partial charge in [-0.25, -0.2) is 12.7 Å². The molecule has 0 fully saturated rings. The Balaban J connectivity index is 2.00. The molecule has 9 heteroatoms. The van der Waals surface area contributed by atoms with E-state index < -0.39 is 41.0 Å². The number of amides is 2. The van der Waals surface area contributed by atoms with Crippen molar-refractivity contribution >= 4 is 27.8 Å². The Labute approximate surface area is 152 Å². The van der Waals surface area contributed by atoms with Gasteiger partial charge in [-0.1, -0.05) is 24.3 Å². The minimum absolute atomic E-state index is 0.00925. The van der Waals surface area contributed by atoms with Crippen LogP contribution in [0.1, 0.15) is 24.2 Å². The van der Waals surface area contributed by atoms with Crippen molar-refractivity contribution in [3.63, 3.8) is 0 Å². The van der Waals surface area contributed by atoms with Crippen molar-refractivity contribution in [3.8, 4) is 0 Å². The number of nitrogens with zero attached hydrogens (tertiary/aromatic N) is 2. The molecule has 0 saturated heterocycles. The molecule has 1 aliphatic heterocycles. The SMILES string of the molecule is C=C(C)CN(CC)C(=O)COC(=O)CN1C(=O)c2ccccc2S1(=O)=O. The highest BCUT2D eigenvalue weighted by atomic mass is 32.2. The van der Waals surface area contributed by atoms with E-state index in [1.165, 1.54) is 29.2 Å². The second-order valence-electron chi connectivity index (χ2n) is 5.84. The van der Waals surface area contributed by atoms with Gasteiger partial charge in [0.2, 0.25) is 0 Å². The van der Waals surface area contributed by atoms with Crippen molar-refractivity contribution in [2.45, 2.75) is 18.7 Å². The molecular weight excluding hydrogens is 360 g/mol. The molecule has 0 N–H and O–H groups in total. The van der Waals surface area contributed by atoms with Gasteiger partial charge in [-0.05, 0) is 26.0 Å². The lowest BCUT2D eigenvalue weighted by Crippen LogP contribution is -2.39. The summed E-state index contributed by atoms with van der Waals surface area (Å²) in [6.45, 7) is 6.69. The van der Waals surface area contributed by atoms with Gasteiger partial charge in [0.15, 0.2) is 6.61 Å². The van der Waals surface area contributed by atoms with Crippen molar-refractivity contribution in [2.75, 3.05) is 26.2 Å². The molecule has 0 saturated carbocycles. The Kier molecular flexibility index (Phi) is 5.81. The summed E-state index contributed by atoms with van der Waals surface area (Å²) in [6, 6.07) is 5.70. The molecule has 26 heavy (non-hydrogen) atoms. The Morgan fingerprint density at radius 2 is 1.92 bits per heavy atom. The lowest BCUT2D eigenvalue weighted by Gasteiger charge is -2.21. The van der Waals surface area contributed by atoms with E-state index in [0.717, 1.165) is 5.57 Å². The van der Waals surface area contributed by atoms with Crippen molar-refractivity contribution in [1.29, 1.82) is 0 Å². The minimum Gasteiger partial charge on any atom is -0.454 e. The lowest BCUT2D eigenvalue weighted by molar-refractivity contribution is -0.151. The molecule has 1 aromatic carbocycles. The van der Waals surface area contributed by atoms with Crippen LogP contribution in [-0.2, 0) is 24.3 Å². The Bertz CT molecular complexity index is 862. The largest absolute Gasteiger partial charge is 0.454 e. The van der Waals surface area contributed by atoms with Gasteiger partial charge in [-0.15, -0.1) is 0 Å². The molecule has 0 spiro atoms. The third kappa shape index (κ3) is 3.93. The number of esters is 1. The van der Waals surface area contributed by atoms with Crippen molar-refractivity contribution in [3.05, 3.63) is 42.0 Å². The van der Waals surface area contributed by atoms with Crippen molar-refractivity contribution < 1.29 is 27.5 Å². The second-order valence-corrected chi connectivity index (χ2v) is 7.67. The number of hydrogen-bond acceptors (Lipinski definition) is 6. The molecule has 8 nitrogen and oxygen atoms in total. The third-order valence-corrected chi connectivity index (χ3v) is 5.52. The molecule has 0 atom stereocenters. The summed E-state index contributed by atoms with van der Waals surface area (Å²) in [6.07, 6.45) is 0. The van der Waals surface area contributed by atoms with E-state index in [0.29, 0.717) is 17.4 Å². The fraction of sp³-hybridized carbons (Fsp3) is 0.353. The van der Waals surface area contributed by atoms with Crippen LogP contribution in [0.15, 0.2) is 41.3 Å². The summed E-state index contributed by atoms with van der Waals surface area (Å²) >= 11 is 0. The number of hydrogen-bond donors (Lipinski definition) is 0. The van der Waals surface area contributed by atoms with E-state index in [4.69, 9.17) is 4.74 Å². The van der Waals surface area contributed by atoms with Crippen LogP contribution in [0.25, 0.3) is 0 Å². The molecule has 2 rings (SSSR count). The highest BCUT2D eigenvalue weighted by molar-refractivity contribution is 7.90. The number of carbonyl (C=O) groups excluding carboxylic acids is 3. The highest BCUT2D eigenvalue weighted by Gasteiger charge is 2.42. The summed E-state index contributed by atoms with van der Waals surface area (Å²) in [5, 5.41) is 0. The summed E-state index contributed by atoms with van der Waals surface area (Å²) < 4.78 is 30.0. The summed E-state index contributed by atoms with van der Waals surface area (Å²) in [4.78, 5) is 37.5. The van der Waals surface area contributed by atoms with Crippen LogP contribution in [0, 0.1) is 0 Å². The molecule has 0 aromatic heterocycles. The number of likely N-dealkylation sites (N-methyl/N-ethyl adjacent to an activating group) is 1. The first-order chi connectivity index (χ1) is 12.2. The maximum atomic E-state index is 12.4. The molecule has 0 aliphatic carbocycles. The van der Waals surface area contributed by atoms with Gasteiger partial charge >= 0.3 is 5.97 Å². The zero-order valence-electron chi connectivity index (χ0n) is 14.6. The van der Waals surface area contributed by atoms with Crippen LogP contribution in [0.4, 0.5) is 0 Å². The van der Waals surface area contributed by atoms with E-state index in [9.17, 15) is 22.8 Å². The predicted octanol–water partition coefficient (Wildman–Crippen LogP) is 0.799. The monoisotopic (exact) mass is 380 g/mol. The van der Waals surface area contributed by atoms with Gasteiger partial charge in [0.1, 0.15) is 11.4 Å². The van der Waals surface area contributed by atoms with Gasteiger partial charge in [-0.2, -0.15) is 0 Å². The number of benzene rings is 1. The van der Waals surface area contributed by atoms with Gasteiger partial charge < -0.3 is 9.64 Å². The Hall–Kier alpha value is -2.68. The molecule has 2 amide bonds. The molecule has 1 heterocycles. The predicted molar refractivity (Wildman–Crippen MR) is 92.7 cm³/mol. The number of fused-ring (bicyclic) bond motifs is 1. The number of sulfonamides is 1. The maximum absolute atomic E-state index is 12.4. The van der Waals surface area contributed by atoms with Crippen LogP contribution in [0.5, 0.6) is 0 Å². The molecular formula is C17H20N2O6S. The standard InChI is InChI=1S/C17H20N2O6S/c1-4-18(9-12(2)3)15(20)11-25-16(21)10-19-17(22)13-7-5-6-8-14(13)26(19,23)24/h5-8H,2,4,9-11H2,1,3H3. The number of ether oxygens (including phenoxy) is 1. The highest BCUT2D eigenvalue weighted by Crippen LogP contribution is 2.29. The Morgan fingerprint density at radius 3 is 2.50 bits per heavy atom. The van der Waals surface area contributed by atoms with Crippen LogP contribution < -0.4 is 0 Å². The fourth-order valence-electron chi connectivity index (χ4n) is 2.49. The third-order valence-electron chi connectivity index (χ3n) is 3.74. The molecule has 1 aliphatic rings. The van der Waals surface area contributed by atoms with Gasteiger partial charge in [0, 0.05) is 13.1 Å². The molecule has 140 valence electrons. The van der Waals surface area contributed by atoms with E-state index >= 15 is 0 Å². The topological polar surface area (TPSA) is 101 Å². The fourth-order valence-corrected chi connectivity index (χ4v) is 4.00. The minimum atomic E-state index is -4.09. The van der Waals surface area contributed by atoms with E-state index in [2.05, 4.69) is 6.58 Å². The first kappa shape index (κ1) is 19.6. The first-order valence-corrected chi connectivity index (χ1v) is 9.36. The van der Waals surface area contributed by atoms with E-state index in [1.54, 1.807) is 13.8 Å². The zero-order chi connectivity index (χ0) is 19.5. The lowest BCUT2D eigenvalue weighted by atomic mass is 10.2. The number of rotatable bonds is 7. The first-order valence-electron chi connectivity index (χ1n) is 7.92. The molecule has 0 radical (unpaired) electrons. The maximum Gasteiger partial charge on any atom is 0.327 e. The molecule has 0 unspecified atom stereocenters. The van der Waals surface area contributed by atoms with Crippen molar-refractivity contribution in [2.24, 2.45) is 0 Å². The average Bonchev–Trinajstić information content (AvgIpc) is 2.78. The smallest absolute Gasteiger partial charge is 0.327 e. The van der Waals surface area contributed by atoms with Crippen molar-refractivity contribution in [1.82, 2.24) is 9.21 Å². The summed E-state index contributed by atoms with van der Waals surface area (Å²) in [5.41, 5.74) is 0.785. The van der Waals surface area contributed by atoms with E-state index in [1.807, 2.05) is 0 Å². The van der Waals surface area contributed by atoms with Gasteiger partial charge in [-0.3, -0.25) is 14.4 Å². The van der Waals surface area contributed by atoms with E-state index in [-0.39, 0.29) is 10.5 Å². The quantitative estimate of drug-likeness (QED) is 0.512. The van der Waals surface area contributed by atoms with Gasteiger partial charge in [0.25, 0.3) is 21.8 Å².